The summed E-state index contributed by atoms with van der Waals surface area (Å²) in [5, 5.41) is 0. The number of hydrogen-bond acceptors (Lipinski definition) is 0. The van der Waals surface area contributed by atoms with Gasteiger partial charge >= 0.3 is 0 Å². The Labute approximate surface area is 177 Å². The molecule has 0 heterocycles. The van der Waals surface area contributed by atoms with Crippen LogP contribution in [0.3, 0.4) is 0 Å². The first-order valence-electron chi connectivity index (χ1n) is 11.2. The molecule has 0 N–H and O–H groups in total. The average Bonchev–Trinajstić information content (AvgIpc) is 3.25. The van der Waals surface area contributed by atoms with Crippen molar-refractivity contribution in [2.75, 3.05) is 0 Å². The maximum atomic E-state index is 2.52. The summed E-state index contributed by atoms with van der Waals surface area (Å²) in [6, 6.07) is 12.2. The third-order valence-electron chi connectivity index (χ3n) is 6.73. The zero-order valence-corrected chi connectivity index (χ0v) is 19.3. The van der Waals surface area contributed by atoms with Crippen molar-refractivity contribution in [3.8, 4) is 11.1 Å². The molecule has 1 atom stereocenters. The molecule has 0 radical (unpaired) electrons. The molecule has 0 spiro atoms. The van der Waals surface area contributed by atoms with Gasteiger partial charge in [-0.3, -0.25) is 0 Å². The van der Waals surface area contributed by atoms with E-state index >= 15 is 0 Å². The number of hydrogen-bond donors (Lipinski definition) is 0. The molecule has 2 aromatic carbocycles. The molecule has 29 heavy (non-hydrogen) atoms. The maximum Gasteiger partial charge on any atom is -0.00106 e. The fourth-order valence-electron chi connectivity index (χ4n) is 4.79. The summed E-state index contributed by atoms with van der Waals surface area (Å²) in [6.07, 6.45) is 10.2. The Kier molecular flexibility index (Phi) is 4.88. The fraction of sp³-hybridized carbons (Fsp3) is 0.448. The van der Waals surface area contributed by atoms with Crippen molar-refractivity contribution in [1.29, 1.82) is 0 Å². The van der Waals surface area contributed by atoms with E-state index in [4.69, 9.17) is 0 Å². The van der Waals surface area contributed by atoms with E-state index in [0.29, 0.717) is 5.92 Å². The van der Waals surface area contributed by atoms with Crippen molar-refractivity contribution in [1.82, 2.24) is 0 Å². The van der Waals surface area contributed by atoms with E-state index in [9.17, 15) is 0 Å². The molecule has 0 fully saturated rings. The summed E-state index contributed by atoms with van der Waals surface area (Å²) in [5.74, 6) is 0.550. The van der Waals surface area contributed by atoms with Gasteiger partial charge in [-0.15, -0.1) is 0 Å². The Hall–Kier alpha value is -2.08. The molecular weight excluding hydrogens is 348 g/mol. The lowest BCUT2D eigenvalue weighted by Crippen LogP contribution is -2.13. The van der Waals surface area contributed by atoms with Gasteiger partial charge in [0.1, 0.15) is 0 Å². The second-order valence-corrected chi connectivity index (χ2v) is 11.2. The van der Waals surface area contributed by atoms with E-state index in [1.807, 2.05) is 0 Å². The molecule has 152 valence electrons. The van der Waals surface area contributed by atoms with Crippen LogP contribution in [0, 0.1) is 0 Å². The SMILES string of the molecule is CC(CC1=CC=CC1)c1cc(C(C)(C)C)cc2c1Cc1ccc(C(C)(C)C)cc1-2. The number of rotatable bonds is 3. The molecule has 0 aromatic heterocycles. The highest BCUT2D eigenvalue weighted by Crippen LogP contribution is 2.45. The molecule has 2 aliphatic rings. The highest BCUT2D eigenvalue weighted by Gasteiger charge is 2.28. The standard InChI is InChI=1S/C29H36/c1-19(14-20-10-8-9-11-20)24-17-23(29(5,6)7)18-27-25-16-22(28(2,3)4)13-12-21(25)15-26(24)27/h8-10,12-13,16-19H,11,14-15H2,1-7H3. The summed E-state index contributed by atoms with van der Waals surface area (Å²) in [5.41, 5.74) is 12.4. The molecule has 2 aliphatic carbocycles. The van der Waals surface area contributed by atoms with Crippen LogP contribution in [0.1, 0.15) is 95.0 Å². The van der Waals surface area contributed by atoms with Crippen LogP contribution in [-0.4, -0.2) is 0 Å². The van der Waals surface area contributed by atoms with Gasteiger partial charge in [-0.05, 0) is 75.0 Å². The van der Waals surface area contributed by atoms with Crippen molar-refractivity contribution >= 4 is 0 Å². The third-order valence-corrected chi connectivity index (χ3v) is 6.73. The smallest absolute Gasteiger partial charge is 0.00106 e. The summed E-state index contributed by atoms with van der Waals surface area (Å²) in [7, 11) is 0. The monoisotopic (exact) mass is 384 g/mol. The second-order valence-electron chi connectivity index (χ2n) is 11.2. The summed E-state index contributed by atoms with van der Waals surface area (Å²) >= 11 is 0. The molecule has 0 bridgehead atoms. The van der Waals surface area contributed by atoms with Gasteiger partial charge in [-0.2, -0.15) is 0 Å². The normalized spacial score (nSPS) is 16.6. The van der Waals surface area contributed by atoms with Gasteiger partial charge < -0.3 is 0 Å². The summed E-state index contributed by atoms with van der Waals surface area (Å²) in [4.78, 5) is 0. The number of fused-ring (bicyclic) bond motifs is 3. The van der Waals surface area contributed by atoms with Crippen molar-refractivity contribution in [2.24, 2.45) is 0 Å². The lowest BCUT2D eigenvalue weighted by atomic mass is 9.79. The van der Waals surface area contributed by atoms with Gasteiger partial charge in [0.25, 0.3) is 0 Å². The molecule has 1 unspecified atom stereocenters. The van der Waals surface area contributed by atoms with Crippen molar-refractivity contribution in [3.05, 3.63) is 82.0 Å². The van der Waals surface area contributed by atoms with Crippen LogP contribution in [0.2, 0.25) is 0 Å². The first kappa shape index (κ1) is 20.2. The van der Waals surface area contributed by atoms with Gasteiger partial charge in [0, 0.05) is 0 Å². The van der Waals surface area contributed by atoms with Crippen LogP contribution in [0.25, 0.3) is 11.1 Å². The highest BCUT2D eigenvalue weighted by molar-refractivity contribution is 5.80. The minimum Gasteiger partial charge on any atom is -0.0805 e. The molecule has 0 nitrogen and oxygen atoms in total. The zero-order chi connectivity index (χ0) is 21.0. The molecule has 0 amide bonds. The molecule has 0 saturated heterocycles. The summed E-state index contributed by atoms with van der Waals surface area (Å²) in [6.45, 7) is 16.4. The Bertz CT molecular complexity index is 1000. The minimum absolute atomic E-state index is 0.155. The van der Waals surface area contributed by atoms with Crippen molar-refractivity contribution < 1.29 is 0 Å². The van der Waals surface area contributed by atoms with E-state index in [-0.39, 0.29) is 10.8 Å². The topological polar surface area (TPSA) is 0 Å². The van der Waals surface area contributed by atoms with Gasteiger partial charge in [0.2, 0.25) is 0 Å². The first-order valence-corrected chi connectivity index (χ1v) is 11.2. The van der Waals surface area contributed by atoms with Gasteiger partial charge in [-0.25, -0.2) is 0 Å². The molecule has 2 aromatic rings. The van der Waals surface area contributed by atoms with Crippen LogP contribution < -0.4 is 0 Å². The fourth-order valence-corrected chi connectivity index (χ4v) is 4.79. The highest BCUT2D eigenvalue weighted by atomic mass is 14.3. The predicted octanol–water partition coefficient (Wildman–Crippen LogP) is 8.23. The average molecular weight is 385 g/mol. The predicted molar refractivity (Wildman–Crippen MR) is 127 cm³/mol. The third kappa shape index (κ3) is 3.87. The quantitative estimate of drug-likeness (QED) is 0.426. The minimum atomic E-state index is 0.155. The Balaban J connectivity index is 1.83. The largest absolute Gasteiger partial charge is 0.0805 e. The molecule has 0 aliphatic heterocycles. The van der Waals surface area contributed by atoms with E-state index in [1.54, 1.807) is 16.7 Å². The maximum absolute atomic E-state index is 2.52. The molecular formula is C29H36. The van der Waals surface area contributed by atoms with E-state index in [1.165, 1.54) is 27.8 Å². The van der Waals surface area contributed by atoms with Crippen LogP contribution in [0.15, 0.2) is 54.1 Å². The van der Waals surface area contributed by atoms with Crippen LogP contribution in [0.5, 0.6) is 0 Å². The Morgan fingerprint density at radius 3 is 2.17 bits per heavy atom. The lowest BCUT2D eigenvalue weighted by molar-refractivity contribution is 0.587. The zero-order valence-electron chi connectivity index (χ0n) is 19.3. The van der Waals surface area contributed by atoms with Gasteiger partial charge in [0.15, 0.2) is 0 Å². The molecule has 0 saturated carbocycles. The van der Waals surface area contributed by atoms with Crippen molar-refractivity contribution in [2.45, 2.75) is 84.5 Å². The van der Waals surface area contributed by atoms with Gasteiger partial charge in [0.05, 0.1) is 0 Å². The Morgan fingerprint density at radius 2 is 1.55 bits per heavy atom. The van der Waals surface area contributed by atoms with E-state index < -0.39 is 0 Å². The number of allylic oxidation sites excluding steroid dienone is 4. The second kappa shape index (κ2) is 7.01. The van der Waals surface area contributed by atoms with E-state index in [0.717, 1.165) is 19.3 Å². The molecule has 4 rings (SSSR count). The first-order chi connectivity index (χ1) is 13.5. The van der Waals surface area contributed by atoms with Crippen molar-refractivity contribution in [3.63, 3.8) is 0 Å². The lowest BCUT2D eigenvalue weighted by Gasteiger charge is -2.25. The van der Waals surface area contributed by atoms with E-state index in [2.05, 4.69) is 97.0 Å². The Morgan fingerprint density at radius 1 is 0.862 bits per heavy atom. The van der Waals surface area contributed by atoms with Crippen LogP contribution in [-0.2, 0) is 17.3 Å². The number of benzene rings is 2. The van der Waals surface area contributed by atoms with Crippen LogP contribution >= 0.6 is 0 Å². The van der Waals surface area contributed by atoms with Crippen LogP contribution in [0.4, 0.5) is 0 Å². The summed E-state index contributed by atoms with van der Waals surface area (Å²) < 4.78 is 0. The van der Waals surface area contributed by atoms with Gasteiger partial charge in [-0.1, -0.05) is 103 Å². The molecule has 0 heteroatoms.